The van der Waals surface area contributed by atoms with E-state index in [4.69, 9.17) is 0 Å². The number of hydrogen-bond donors (Lipinski definition) is 2. The van der Waals surface area contributed by atoms with Gasteiger partial charge in [0.1, 0.15) is 10.7 Å². The smallest absolute Gasteiger partial charge is 0.257 e. The highest BCUT2D eigenvalue weighted by Gasteiger charge is 2.22. The van der Waals surface area contributed by atoms with Crippen LogP contribution in [0.3, 0.4) is 0 Å². The van der Waals surface area contributed by atoms with E-state index in [0.29, 0.717) is 13.1 Å². The standard InChI is InChI=1S/C16H21BrN4O4S2/c1-4-21(5-2)27(24,25)14-7-9-16(18-11-14)19-20-26(22,23)13-6-8-15(17)12(3)10-13/h6-11,20H,4-5H2,1-3H3,(H,18,19). The second-order valence-electron chi connectivity index (χ2n) is 5.61. The van der Waals surface area contributed by atoms with Crippen LogP contribution < -0.4 is 10.3 Å². The lowest BCUT2D eigenvalue weighted by Crippen LogP contribution is -2.31. The van der Waals surface area contributed by atoms with E-state index < -0.39 is 20.0 Å². The minimum atomic E-state index is -3.81. The molecule has 0 saturated heterocycles. The fourth-order valence-electron chi connectivity index (χ4n) is 2.28. The van der Waals surface area contributed by atoms with Crippen molar-refractivity contribution in [2.24, 2.45) is 0 Å². The summed E-state index contributed by atoms with van der Waals surface area (Å²) in [7, 11) is -7.42. The third-order valence-corrected chi connectivity index (χ3v) is 8.00. The SMILES string of the molecule is CCN(CC)S(=O)(=O)c1ccc(NNS(=O)(=O)c2ccc(Br)c(C)c2)nc1. The van der Waals surface area contributed by atoms with Gasteiger partial charge in [-0.2, -0.15) is 4.31 Å². The number of rotatable bonds is 8. The molecule has 0 amide bonds. The highest BCUT2D eigenvalue weighted by molar-refractivity contribution is 9.10. The van der Waals surface area contributed by atoms with Crippen molar-refractivity contribution in [3.63, 3.8) is 0 Å². The molecule has 11 heteroatoms. The predicted octanol–water partition coefficient (Wildman–Crippen LogP) is 2.49. The van der Waals surface area contributed by atoms with E-state index in [0.717, 1.165) is 10.0 Å². The van der Waals surface area contributed by atoms with Crippen LogP contribution >= 0.6 is 15.9 Å². The quantitative estimate of drug-likeness (QED) is 0.566. The van der Waals surface area contributed by atoms with Crippen molar-refractivity contribution >= 4 is 41.8 Å². The topological polar surface area (TPSA) is 108 Å². The highest BCUT2D eigenvalue weighted by Crippen LogP contribution is 2.20. The molecule has 0 saturated carbocycles. The second-order valence-corrected chi connectivity index (χ2v) is 10.1. The maximum atomic E-state index is 12.4. The summed E-state index contributed by atoms with van der Waals surface area (Å²) < 4.78 is 51.6. The Morgan fingerprint density at radius 2 is 1.67 bits per heavy atom. The van der Waals surface area contributed by atoms with Crippen LogP contribution in [0, 0.1) is 6.92 Å². The maximum Gasteiger partial charge on any atom is 0.257 e. The minimum Gasteiger partial charge on any atom is -0.292 e. The van der Waals surface area contributed by atoms with Crippen LogP contribution in [0.1, 0.15) is 19.4 Å². The summed E-state index contributed by atoms with van der Waals surface area (Å²) in [6, 6.07) is 7.41. The maximum absolute atomic E-state index is 12.4. The van der Waals surface area contributed by atoms with Gasteiger partial charge in [0, 0.05) is 23.8 Å². The molecule has 0 bridgehead atoms. The van der Waals surface area contributed by atoms with Crippen molar-refractivity contribution in [3.05, 3.63) is 46.6 Å². The molecule has 0 aliphatic rings. The summed E-state index contributed by atoms with van der Waals surface area (Å²) in [5.41, 5.74) is 3.26. The van der Waals surface area contributed by atoms with Gasteiger partial charge in [-0.1, -0.05) is 29.8 Å². The number of halogens is 1. The Hall–Kier alpha value is -1.53. The van der Waals surface area contributed by atoms with Gasteiger partial charge in [-0.25, -0.2) is 21.8 Å². The Morgan fingerprint density at radius 3 is 2.19 bits per heavy atom. The number of aromatic nitrogens is 1. The zero-order valence-corrected chi connectivity index (χ0v) is 18.3. The zero-order valence-electron chi connectivity index (χ0n) is 15.1. The molecule has 0 atom stereocenters. The van der Waals surface area contributed by atoms with Gasteiger partial charge in [0.25, 0.3) is 10.0 Å². The average molecular weight is 477 g/mol. The summed E-state index contributed by atoms with van der Waals surface area (Å²) in [5, 5.41) is 0. The molecule has 2 aromatic rings. The van der Waals surface area contributed by atoms with Gasteiger partial charge in [-0.15, -0.1) is 4.83 Å². The molecular formula is C16H21BrN4O4S2. The number of hydrazine groups is 1. The van der Waals surface area contributed by atoms with Crippen molar-refractivity contribution in [3.8, 4) is 0 Å². The Kier molecular flexibility index (Phi) is 6.98. The van der Waals surface area contributed by atoms with Crippen molar-refractivity contribution in [2.45, 2.75) is 30.6 Å². The van der Waals surface area contributed by atoms with Crippen LogP contribution in [0.25, 0.3) is 0 Å². The minimum absolute atomic E-state index is 0.0446. The summed E-state index contributed by atoms with van der Waals surface area (Å²) in [6.07, 6.45) is 1.19. The molecule has 0 unspecified atom stereocenters. The Balaban J connectivity index is 2.14. The lowest BCUT2D eigenvalue weighted by atomic mass is 10.2. The molecule has 2 rings (SSSR count). The Labute approximate surface area is 168 Å². The number of nitrogens with one attached hydrogen (secondary N) is 2. The first-order valence-electron chi connectivity index (χ1n) is 8.12. The first kappa shape index (κ1) is 21.8. The number of sulfonamides is 2. The van der Waals surface area contributed by atoms with E-state index in [1.807, 2.05) is 0 Å². The van der Waals surface area contributed by atoms with E-state index >= 15 is 0 Å². The van der Waals surface area contributed by atoms with Crippen molar-refractivity contribution in [1.82, 2.24) is 14.1 Å². The zero-order chi connectivity index (χ0) is 20.2. The highest BCUT2D eigenvalue weighted by atomic mass is 79.9. The van der Waals surface area contributed by atoms with Crippen LogP contribution in [0.5, 0.6) is 0 Å². The molecule has 1 aromatic carbocycles. The molecule has 1 heterocycles. The lowest BCUT2D eigenvalue weighted by Gasteiger charge is -2.18. The van der Waals surface area contributed by atoms with Gasteiger partial charge in [-0.05, 0) is 42.8 Å². The molecular weight excluding hydrogens is 456 g/mol. The van der Waals surface area contributed by atoms with Gasteiger partial charge in [0.15, 0.2) is 0 Å². The van der Waals surface area contributed by atoms with E-state index in [1.165, 1.54) is 34.8 Å². The van der Waals surface area contributed by atoms with E-state index in [1.54, 1.807) is 26.8 Å². The van der Waals surface area contributed by atoms with Gasteiger partial charge in [0.05, 0.1) is 4.90 Å². The molecule has 1 aromatic heterocycles. The first-order valence-corrected chi connectivity index (χ1v) is 11.8. The third-order valence-electron chi connectivity index (χ3n) is 3.83. The molecule has 148 valence electrons. The molecule has 27 heavy (non-hydrogen) atoms. The average Bonchev–Trinajstić information content (AvgIpc) is 2.63. The van der Waals surface area contributed by atoms with Crippen LogP contribution in [-0.4, -0.2) is 39.2 Å². The first-order chi connectivity index (χ1) is 12.6. The largest absolute Gasteiger partial charge is 0.292 e. The normalized spacial score (nSPS) is 12.3. The molecule has 2 N–H and O–H groups in total. The summed E-state index contributed by atoms with van der Waals surface area (Å²) in [5.74, 6) is 0.172. The summed E-state index contributed by atoms with van der Waals surface area (Å²) in [4.78, 5) is 6.34. The number of aryl methyl sites for hydroxylation is 1. The van der Waals surface area contributed by atoms with E-state index in [2.05, 4.69) is 31.2 Å². The number of benzene rings is 1. The molecule has 0 spiro atoms. The fraction of sp³-hybridized carbons (Fsp3) is 0.312. The number of hydrogen-bond acceptors (Lipinski definition) is 6. The number of pyridine rings is 1. The van der Waals surface area contributed by atoms with Crippen LogP contribution in [0.15, 0.2) is 50.8 Å². The van der Waals surface area contributed by atoms with Gasteiger partial charge in [-0.3, -0.25) is 5.43 Å². The molecule has 0 aliphatic heterocycles. The van der Waals surface area contributed by atoms with Gasteiger partial charge >= 0.3 is 0 Å². The number of nitrogens with zero attached hydrogens (tertiary/aromatic N) is 2. The molecule has 0 fully saturated rings. The lowest BCUT2D eigenvalue weighted by molar-refractivity contribution is 0.445. The predicted molar refractivity (Wildman–Crippen MR) is 107 cm³/mol. The fourth-order valence-corrected chi connectivity index (χ4v) is 4.87. The van der Waals surface area contributed by atoms with Crippen molar-refractivity contribution in [1.29, 1.82) is 0 Å². The van der Waals surface area contributed by atoms with Gasteiger partial charge in [0.2, 0.25) is 10.0 Å². The molecule has 0 radical (unpaired) electrons. The number of anilines is 1. The molecule has 8 nitrogen and oxygen atoms in total. The van der Waals surface area contributed by atoms with E-state index in [9.17, 15) is 16.8 Å². The van der Waals surface area contributed by atoms with Crippen LogP contribution in [0.2, 0.25) is 0 Å². The van der Waals surface area contributed by atoms with Crippen LogP contribution in [-0.2, 0) is 20.0 Å². The third kappa shape index (κ3) is 5.05. The van der Waals surface area contributed by atoms with Gasteiger partial charge < -0.3 is 0 Å². The Bertz CT molecular complexity index is 1010. The Morgan fingerprint density at radius 1 is 1.04 bits per heavy atom. The molecule has 0 aliphatic carbocycles. The van der Waals surface area contributed by atoms with E-state index in [-0.39, 0.29) is 15.6 Å². The van der Waals surface area contributed by atoms with Crippen LogP contribution in [0.4, 0.5) is 5.82 Å². The summed E-state index contributed by atoms with van der Waals surface area (Å²) in [6.45, 7) is 6.00. The monoisotopic (exact) mass is 476 g/mol. The van der Waals surface area contributed by atoms with Crippen molar-refractivity contribution in [2.75, 3.05) is 18.5 Å². The summed E-state index contributed by atoms with van der Waals surface area (Å²) >= 11 is 3.32. The second kappa shape index (κ2) is 8.65. The van der Waals surface area contributed by atoms with Crippen molar-refractivity contribution < 1.29 is 16.8 Å².